The van der Waals surface area contributed by atoms with Gasteiger partial charge in [-0.25, -0.2) is 0 Å². The van der Waals surface area contributed by atoms with Crippen molar-refractivity contribution in [1.29, 1.82) is 0 Å². The summed E-state index contributed by atoms with van der Waals surface area (Å²) in [6.07, 6.45) is 2.36. The summed E-state index contributed by atoms with van der Waals surface area (Å²) in [6.45, 7) is 0.228. The molecule has 0 radical (unpaired) electrons. The van der Waals surface area contributed by atoms with Crippen LogP contribution >= 0.6 is 11.6 Å². The van der Waals surface area contributed by atoms with Gasteiger partial charge in [-0.3, -0.25) is 4.79 Å². The van der Waals surface area contributed by atoms with E-state index >= 15 is 0 Å². The predicted octanol–water partition coefficient (Wildman–Crippen LogP) is 4.63. The predicted molar refractivity (Wildman–Crippen MR) is 95.4 cm³/mol. The van der Waals surface area contributed by atoms with Crippen LogP contribution in [0.25, 0.3) is 0 Å². The Morgan fingerprint density at radius 2 is 1.92 bits per heavy atom. The molecule has 2 aliphatic heterocycles. The summed E-state index contributed by atoms with van der Waals surface area (Å²) in [4.78, 5) is 12.8. The van der Waals surface area contributed by atoms with Crippen LogP contribution < -0.4 is 14.8 Å². The fraction of sp³-hybridized carbons (Fsp3) is 0.250. The van der Waals surface area contributed by atoms with Crippen molar-refractivity contribution in [1.82, 2.24) is 0 Å². The van der Waals surface area contributed by atoms with Gasteiger partial charge in [-0.1, -0.05) is 23.7 Å². The monoisotopic (exact) mass is 353 g/mol. The number of ether oxygens (including phenoxy) is 2. The van der Waals surface area contributed by atoms with E-state index in [0.29, 0.717) is 11.4 Å². The molecule has 126 valence electrons. The van der Waals surface area contributed by atoms with Crippen molar-refractivity contribution in [2.45, 2.75) is 25.2 Å². The third-order valence-electron chi connectivity index (χ3n) is 5.07. The molecule has 0 aromatic heterocycles. The Hall–Kier alpha value is -2.46. The quantitative estimate of drug-likeness (QED) is 0.811. The molecule has 1 aliphatic carbocycles. The van der Waals surface area contributed by atoms with Gasteiger partial charge in [-0.15, -0.1) is 0 Å². The first-order valence-corrected chi connectivity index (χ1v) is 8.81. The zero-order chi connectivity index (χ0) is 17.0. The van der Waals surface area contributed by atoms with Crippen LogP contribution in [0.15, 0.2) is 47.7 Å². The topological polar surface area (TPSA) is 47.6 Å². The number of Topliss-reactive ketones (excluding diaryl/α,β-unsaturated/α-hetero) is 1. The smallest absolute Gasteiger partial charge is 0.231 e. The highest BCUT2D eigenvalue weighted by molar-refractivity contribution is 6.30. The zero-order valence-corrected chi connectivity index (χ0v) is 14.2. The molecule has 0 fully saturated rings. The maximum atomic E-state index is 12.8. The Bertz CT molecular complexity index is 935. The van der Waals surface area contributed by atoms with E-state index in [1.54, 1.807) is 0 Å². The van der Waals surface area contributed by atoms with E-state index in [-0.39, 0.29) is 18.5 Å². The fourth-order valence-electron chi connectivity index (χ4n) is 3.98. The first kappa shape index (κ1) is 14.8. The number of allylic oxidation sites excluding steroid dienone is 2. The molecule has 0 spiro atoms. The van der Waals surface area contributed by atoms with Crippen molar-refractivity contribution in [3.05, 3.63) is 63.8 Å². The van der Waals surface area contributed by atoms with Gasteiger partial charge >= 0.3 is 0 Å². The van der Waals surface area contributed by atoms with Crippen LogP contribution in [-0.4, -0.2) is 12.6 Å². The van der Waals surface area contributed by atoms with Gasteiger partial charge in [0.25, 0.3) is 0 Å². The molecule has 1 N–H and O–H groups in total. The largest absolute Gasteiger partial charge is 0.454 e. The van der Waals surface area contributed by atoms with Gasteiger partial charge in [-0.2, -0.15) is 0 Å². The van der Waals surface area contributed by atoms with Crippen LogP contribution in [-0.2, 0) is 4.79 Å². The Balaban J connectivity index is 1.75. The van der Waals surface area contributed by atoms with Crippen LogP contribution in [0.3, 0.4) is 0 Å². The summed E-state index contributed by atoms with van der Waals surface area (Å²) in [6, 6.07) is 11.7. The SMILES string of the molecule is O=C1CCCC2=C1[C@H](c1cccc(Cl)c1)c1cc3c(cc1N2)OCO3. The number of hydrogen-bond donors (Lipinski definition) is 1. The van der Waals surface area contributed by atoms with E-state index < -0.39 is 0 Å². The Labute approximate surface area is 150 Å². The Morgan fingerprint density at radius 1 is 1.08 bits per heavy atom. The molecule has 4 nitrogen and oxygen atoms in total. The second-order valence-electron chi connectivity index (χ2n) is 6.57. The molecule has 2 aromatic carbocycles. The molecule has 1 atom stereocenters. The minimum atomic E-state index is -0.132. The maximum Gasteiger partial charge on any atom is 0.231 e. The van der Waals surface area contributed by atoms with E-state index in [2.05, 4.69) is 5.32 Å². The highest BCUT2D eigenvalue weighted by atomic mass is 35.5. The summed E-state index contributed by atoms with van der Waals surface area (Å²) in [5.74, 6) is 1.54. The number of ketones is 1. The van der Waals surface area contributed by atoms with Crippen LogP contribution in [0.5, 0.6) is 11.5 Å². The first-order valence-electron chi connectivity index (χ1n) is 8.43. The van der Waals surface area contributed by atoms with Crippen molar-refractivity contribution < 1.29 is 14.3 Å². The van der Waals surface area contributed by atoms with Crippen molar-refractivity contribution in [2.24, 2.45) is 0 Å². The standard InChI is InChI=1S/C20H16ClNO3/c21-12-4-1-3-11(7-12)19-13-8-17-18(25-10-24-17)9-15(13)22-14-5-2-6-16(23)20(14)19/h1,3-4,7-9,19,22H,2,5-6,10H2/t19-/m1/s1. The van der Waals surface area contributed by atoms with E-state index in [0.717, 1.165) is 52.4 Å². The lowest BCUT2D eigenvalue weighted by Crippen LogP contribution is -2.26. The molecule has 5 heteroatoms. The molecule has 0 amide bonds. The lowest BCUT2D eigenvalue weighted by atomic mass is 9.75. The number of anilines is 1. The number of halogens is 1. The average Bonchev–Trinajstić information content (AvgIpc) is 3.05. The van der Waals surface area contributed by atoms with Gasteiger partial charge in [-0.05, 0) is 42.2 Å². The summed E-state index contributed by atoms with van der Waals surface area (Å²) < 4.78 is 11.1. The Kier molecular flexibility index (Phi) is 3.28. The normalized spacial score (nSPS) is 20.8. The van der Waals surface area contributed by atoms with Gasteiger partial charge in [0.1, 0.15) is 0 Å². The van der Waals surface area contributed by atoms with Crippen molar-refractivity contribution >= 4 is 23.1 Å². The molecule has 0 saturated heterocycles. The number of rotatable bonds is 1. The van der Waals surface area contributed by atoms with Crippen LogP contribution in [0.4, 0.5) is 5.69 Å². The highest BCUT2D eigenvalue weighted by Crippen LogP contribution is 2.49. The molecular weight excluding hydrogens is 338 g/mol. The van der Waals surface area contributed by atoms with Crippen LogP contribution in [0, 0.1) is 0 Å². The minimum absolute atomic E-state index is 0.132. The second kappa shape index (κ2) is 5.53. The Morgan fingerprint density at radius 3 is 2.76 bits per heavy atom. The van der Waals surface area contributed by atoms with Crippen molar-refractivity contribution in [3.8, 4) is 11.5 Å². The highest BCUT2D eigenvalue weighted by Gasteiger charge is 2.36. The lowest BCUT2D eigenvalue weighted by molar-refractivity contribution is -0.116. The number of carbonyl (C=O) groups excluding carboxylic acids is 1. The number of carbonyl (C=O) groups is 1. The molecule has 0 bridgehead atoms. The number of fused-ring (bicyclic) bond motifs is 2. The van der Waals surface area contributed by atoms with Gasteiger partial charge in [0.2, 0.25) is 6.79 Å². The molecule has 2 heterocycles. The summed E-state index contributed by atoms with van der Waals surface area (Å²) in [7, 11) is 0. The van der Waals surface area contributed by atoms with Gasteiger partial charge in [0, 0.05) is 40.4 Å². The van der Waals surface area contributed by atoms with E-state index in [1.165, 1.54) is 0 Å². The van der Waals surface area contributed by atoms with Crippen molar-refractivity contribution in [3.63, 3.8) is 0 Å². The molecule has 2 aromatic rings. The third-order valence-corrected chi connectivity index (χ3v) is 5.30. The molecule has 0 saturated carbocycles. The molecule has 5 rings (SSSR count). The molecule has 25 heavy (non-hydrogen) atoms. The molecular formula is C20H16ClNO3. The van der Waals surface area contributed by atoms with Gasteiger partial charge in [0.15, 0.2) is 17.3 Å². The second-order valence-corrected chi connectivity index (χ2v) is 7.01. The number of nitrogens with one attached hydrogen (secondary N) is 1. The molecule has 0 unspecified atom stereocenters. The number of hydrogen-bond acceptors (Lipinski definition) is 4. The minimum Gasteiger partial charge on any atom is -0.454 e. The zero-order valence-electron chi connectivity index (χ0n) is 13.5. The van der Waals surface area contributed by atoms with Crippen molar-refractivity contribution in [2.75, 3.05) is 12.1 Å². The van der Waals surface area contributed by atoms with Gasteiger partial charge in [0.05, 0.1) is 0 Å². The first-order chi connectivity index (χ1) is 12.2. The maximum absolute atomic E-state index is 12.8. The van der Waals surface area contributed by atoms with E-state index in [9.17, 15) is 4.79 Å². The van der Waals surface area contributed by atoms with E-state index in [1.807, 2.05) is 36.4 Å². The van der Waals surface area contributed by atoms with Crippen LogP contribution in [0.2, 0.25) is 5.02 Å². The lowest BCUT2D eigenvalue weighted by Gasteiger charge is -2.34. The van der Waals surface area contributed by atoms with E-state index in [4.69, 9.17) is 21.1 Å². The summed E-state index contributed by atoms with van der Waals surface area (Å²) in [5.41, 5.74) is 4.91. The van der Waals surface area contributed by atoms with Gasteiger partial charge < -0.3 is 14.8 Å². The molecule has 3 aliphatic rings. The summed E-state index contributed by atoms with van der Waals surface area (Å²) >= 11 is 6.24. The fourth-order valence-corrected chi connectivity index (χ4v) is 4.18. The summed E-state index contributed by atoms with van der Waals surface area (Å²) in [5, 5.41) is 4.13. The number of benzene rings is 2. The van der Waals surface area contributed by atoms with Crippen LogP contribution in [0.1, 0.15) is 36.3 Å². The third kappa shape index (κ3) is 2.32. The average molecular weight is 354 g/mol.